The fourth-order valence-electron chi connectivity index (χ4n) is 2.06. The maximum Gasteiger partial charge on any atom is 0.338 e. The summed E-state index contributed by atoms with van der Waals surface area (Å²) in [5.41, 5.74) is 0.817. The van der Waals surface area contributed by atoms with E-state index in [1.807, 2.05) is 19.0 Å². The number of carbonyl (C=O) groups is 2. The van der Waals surface area contributed by atoms with Gasteiger partial charge in [-0.25, -0.2) is 4.79 Å². The van der Waals surface area contributed by atoms with Crippen LogP contribution in [0.15, 0.2) is 42.5 Å². The molecule has 0 saturated carbocycles. The van der Waals surface area contributed by atoms with E-state index in [1.54, 1.807) is 24.3 Å². The molecule has 9 heteroatoms. The Morgan fingerprint density at radius 2 is 1.85 bits per heavy atom. The van der Waals surface area contributed by atoms with Crippen LogP contribution in [0.1, 0.15) is 10.4 Å². The predicted octanol–water partition coefficient (Wildman–Crippen LogP) is 3.11. The first kappa shape index (κ1) is 19.2. The first-order valence-corrected chi connectivity index (χ1v) is 7.84. The maximum absolute atomic E-state index is 12.0. The minimum Gasteiger partial charge on any atom is -0.452 e. The molecule has 26 heavy (non-hydrogen) atoms. The van der Waals surface area contributed by atoms with Crippen LogP contribution < -0.4 is 10.2 Å². The normalized spacial score (nSPS) is 10.1. The minimum absolute atomic E-state index is 0.0705. The van der Waals surface area contributed by atoms with E-state index < -0.39 is 23.4 Å². The molecule has 2 rings (SSSR count). The van der Waals surface area contributed by atoms with E-state index in [9.17, 15) is 19.7 Å². The topological polar surface area (TPSA) is 102 Å². The molecule has 0 aliphatic carbocycles. The molecule has 0 radical (unpaired) electrons. The summed E-state index contributed by atoms with van der Waals surface area (Å²) in [4.78, 5) is 36.1. The van der Waals surface area contributed by atoms with Gasteiger partial charge in [0, 0.05) is 30.9 Å². The lowest BCUT2D eigenvalue weighted by atomic mass is 10.2. The van der Waals surface area contributed by atoms with Gasteiger partial charge in [-0.2, -0.15) is 0 Å². The Kier molecular flexibility index (Phi) is 6.13. The van der Waals surface area contributed by atoms with E-state index in [0.717, 1.165) is 5.69 Å². The molecule has 2 aromatic rings. The van der Waals surface area contributed by atoms with Gasteiger partial charge in [0.2, 0.25) is 0 Å². The van der Waals surface area contributed by atoms with E-state index in [1.165, 1.54) is 18.2 Å². The Morgan fingerprint density at radius 1 is 1.19 bits per heavy atom. The highest BCUT2D eigenvalue weighted by Crippen LogP contribution is 2.27. The van der Waals surface area contributed by atoms with Crippen LogP contribution in [0, 0.1) is 10.1 Å². The first-order valence-electron chi connectivity index (χ1n) is 7.46. The third-order valence-corrected chi connectivity index (χ3v) is 3.62. The number of amides is 1. The van der Waals surface area contributed by atoms with Crippen LogP contribution in [0.3, 0.4) is 0 Å². The van der Waals surface area contributed by atoms with Crippen molar-refractivity contribution in [1.29, 1.82) is 0 Å². The monoisotopic (exact) mass is 377 g/mol. The molecule has 2 aromatic carbocycles. The van der Waals surface area contributed by atoms with Crippen LogP contribution in [-0.4, -0.2) is 37.5 Å². The van der Waals surface area contributed by atoms with E-state index in [0.29, 0.717) is 0 Å². The van der Waals surface area contributed by atoms with Gasteiger partial charge in [-0.15, -0.1) is 0 Å². The number of halogens is 1. The van der Waals surface area contributed by atoms with Crippen LogP contribution >= 0.6 is 11.6 Å². The number of esters is 1. The van der Waals surface area contributed by atoms with Crippen molar-refractivity contribution in [3.05, 3.63) is 63.2 Å². The van der Waals surface area contributed by atoms with E-state index >= 15 is 0 Å². The van der Waals surface area contributed by atoms with Crippen molar-refractivity contribution < 1.29 is 19.2 Å². The lowest BCUT2D eigenvalue weighted by Crippen LogP contribution is -2.21. The summed E-state index contributed by atoms with van der Waals surface area (Å²) in [6.07, 6.45) is 0. The van der Waals surface area contributed by atoms with Gasteiger partial charge < -0.3 is 15.0 Å². The van der Waals surface area contributed by atoms with Gasteiger partial charge in [-0.05, 0) is 36.4 Å². The summed E-state index contributed by atoms with van der Waals surface area (Å²) in [5, 5.41) is 13.5. The fourth-order valence-corrected chi connectivity index (χ4v) is 2.24. The number of hydrogen-bond acceptors (Lipinski definition) is 6. The highest BCUT2D eigenvalue weighted by molar-refractivity contribution is 6.31. The number of nitro benzene ring substituents is 1. The molecular weight excluding hydrogens is 362 g/mol. The second-order valence-electron chi connectivity index (χ2n) is 5.48. The fraction of sp³-hybridized carbons (Fsp3) is 0.176. The number of rotatable bonds is 6. The average Bonchev–Trinajstić information content (AvgIpc) is 2.59. The van der Waals surface area contributed by atoms with Crippen LogP contribution in [-0.2, 0) is 9.53 Å². The average molecular weight is 378 g/mol. The van der Waals surface area contributed by atoms with Crippen molar-refractivity contribution in [3.8, 4) is 0 Å². The number of hydrogen-bond donors (Lipinski definition) is 1. The molecule has 8 nitrogen and oxygen atoms in total. The molecule has 1 N–H and O–H groups in total. The highest BCUT2D eigenvalue weighted by Gasteiger charge is 2.17. The lowest BCUT2D eigenvalue weighted by Gasteiger charge is -2.12. The second kappa shape index (κ2) is 8.30. The van der Waals surface area contributed by atoms with Gasteiger partial charge in [-0.1, -0.05) is 11.6 Å². The van der Waals surface area contributed by atoms with Gasteiger partial charge in [0.15, 0.2) is 6.61 Å². The largest absolute Gasteiger partial charge is 0.452 e. The van der Waals surface area contributed by atoms with E-state index in [-0.39, 0.29) is 22.0 Å². The number of anilines is 2. The van der Waals surface area contributed by atoms with Crippen molar-refractivity contribution in [2.75, 3.05) is 30.9 Å². The van der Waals surface area contributed by atoms with Crippen LogP contribution in [0.4, 0.5) is 17.1 Å². The number of nitro groups is 1. The maximum atomic E-state index is 12.0. The molecule has 136 valence electrons. The summed E-state index contributed by atoms with van der Waals surface area (Å²) < 4.78 is 4.93. The van der Waals surface area contributed by atoms with Crippen LogP contribution in [0.5, 0.6) is 0 Å². The molecule has 0 unspecified atom stereocenters. The third kappa shape index (κ3) is 4.93. The standard InChI is InChI=1S/C17H16ClN3O5/c1-20(2)13-6-3-11(4-7-13)17(23)26-10-16(22)19-14-9-12(18)5-8-15(14)21(24)25/h3-9H,10H2,1-2H3,(H,19,22). The molecule has 0 bridgehead atoms. The predicted molar refractivity (Wildman–Crippen MR) is 97.8 cm³/mol. The minimum atomic E-state index is -0.714. The summed E-state index contributed by atoms with van der Waals surface area (Å²) in [7, 11) is 3.74. The Hall–Kier alpha value is -3.13. The number of ether oxygens (including phenoxy) is 1. The number of benzene rings is 2. The zero-order valence-electron chi connectivity index (χ0n) is 14.1. The van der Waals surface area contributed by atoms with Gasteiger partial charge in [0.05, 0.1) is 10.5 Å². The van der Waals surface area contributed by atoms with Crippen molar-refractivity contribution in [3.63, 3.8) is 0 Å². The van der Waals surface area contributed by atoms with Crippen LogP contribution in [0.25, 0.3) is 0 Å². The smallest absolute Gasteiger partial charge is 0.338 e. The molecule has 0 heterocycles. The highest BCUT2D eigenvalue weighted by atomic mass is 35.5. The lowest BCUT2D eigenvalue weighted by molar-refractivity contribution is -0.383. The summed E-state index contributed by atoms with van der Waals surface area (Å²) >= 11 is 5.78. The Labute approximate surface area is 154 Å². The molecule has 0 aromatic heterocycles. The van der Waals surface area contributed by atoms with Crippen molar-refractivity contribution in [2.45, 2.75) is 0 Å². The zero-order valence-corrected chi connectivity index (χ0v) is 14.8. The van der Waals surface area contributed by atoms with Gasteiger partial charge in [-0.3, -0.25) is 14.9 Å². The SMILES string of the molecule is CN(C)c1ccc(C(=O)OCC(=O)Nc2cc(Cl)ccc2[N+](=O)[O-])cc1. The van der Waals surface area contributed by atoms with Crippen molar-refractivity contribution in [2.24, 2.45) is 0 Å². The van der Waals surface area contributed by atoms with Gasteiger partial charge >= 0.3 is 5.97 Å². The molecule has 0 atom stereocenters. The Balaban J connectivity index is 1.97. The molecule has 0 fully saturated rings. The number of carbonyl (C=O) groups excluding carboxylic acids is 2. The van der Waals surface area contributed by atoms with Crippen molar-refractivity contribution >= 4 is 40.5 Å². The quantitative estimate of drug-likeness (QED) is 0.471. The number of nitrogens with zero attached hydrogens (tertiary/aromatic N) is 2. The molecule has 0 aliphatic rings. The second-order valence-corrected chi connectivity index (χ2v) is 5.92. The number of nitrogens with one attached hydrogen (secondary N) is 1. The van der Waals surface area contributed by atoms with E-state index in [4.69, 9.17) is 16.3 Å². The molecular formula is C17H16ClN3O5. The third-order valence-electron chi connectivity index (χ3n) is 3.38. The van der Waals surface area contributed by atoms with Crippen molar-refractivity contribution in [1.82, 2.24) is 0 Å². The molecule has 0 spiro atoms. The van der Waals surface area contributed by atoms with Gasteiger partial charge in [0.1, 0.15) is 5.69 Å². The van der Waals surface area contributed by atoms with E-state index in [2.05, 4.69) is 5.32 Å². The summed E-state index contributed by atoms with van der Waals surface area (Å²) in [6.45, 7) is -0.585. The zero-order chi connectivity index (χ0) is 19.3. The molecule has 1 amide bonds. The first-order chi connectivity index (χ1) is 12.3. The Bertz CT molecular complexity index is 837. The summed E-state index contributed by atoms with van der Waals surface area (Å²) in [5.74, 6) is -1.39. The molecule has 0 aliphatic heterocycles. The summed E-state index contributed by atoms with van der Waals surface area (Å²) in [6, 6.07) is 10.4. The Morgan fingerprint density at radius 3 is 2.42 bits per heavy atom. The van der Waals surface area contributed by atoms with Gasteiger partial charge in [0.25, 0.3) is 11.6 Å². The molecule has 0 saturated heterocycles. The van der Waals surface area contributed by atoms with Crippen LogP contribution in [0.2, 0.25) is 5.02 Å².